The number of carbonyl (C=O) groups is 1. The number of carbonyl (C=O) groups excluding carboxylic acids is 1. The lowest BCUT2D eigenvalue weighted by Crippen LogP contribution is -2.27. The molecule has 0 aliphatic carbocycles. The number of anilines is 1. The molecule has 0 aromatic heterocycles. The van der Waals surface area contributed by atoms with Crippen molar-refractivity contribution < 1.29 is 14.6 Å². The second-order valence-corrected chi connectivity index (χ2v) is 5.68. The van der Waals surface area contributed by atoms with Crippen molar-refractivity contribution in [3.05, 3.63) is 39.2 Å². The molecule has 1 aromatic rings. The van der Waals surface area contributed by atoms with Crippen molar-refractivity contribution in [2.75, 3.05) is 11.9 Å². The van der Waals surface area contributed by atoms with Crippen LogP contribution in [0.1, 0.15) is 32.4 Å². The van der Waals surface area contributed by atoms with Gasteiger partial charge in [0.05, 0.1) is 23.4 Å². The third-order valence-corrected chi connectivity index (χ3v) is 2.70. The zero-order valence-electron chi connectivity index (χ0n) is 12.0. The fourth-order valence-electron chi connectivity index (χ4n) is 1.53. The van der Waals surface area contributed by atoms with E-state index in [0.29, 0.717) is 16.3 Å². The lowest BCUT2D eigenvalue weighted by Gasteiger charge is -2.20. The second kappa shape index (κ2) is 7.17. The van der Waals surface area contributed by atoms with Crippen molar-refractivity contribution in [1.82, 2.24) is 0 Å². The molecule has 0 saturated heterocycles. The van der Waals surface area contributed by atoms with Crippen molar-refractivity contribution in [2.24, 2.45) is 5.11 Å². The maximum atomic E-state index is 11.7. The topological polar surface area (TPSA) is 107 Å². The van der Waals surface area contributed by atoms with Crippen LogP contribution in [0.15, 0.2) is 23.3 Å². The smallest absolute Gasteiger partial charge is 0.412 e. The molecule has 8 heteroatoms. The molecule has 1 amide bonds. The van der Waals surface area contributed by atoms with Crippen molar-refractivity contribution in [3.8, 4) is 0 Å². The summed E-state index contributed by atoms with van der Waals surface area (Å²) >= 11 is 6.00. The molecule has 0 spiro atoms. The summed E-state index contributed by atoms with van der Waals surface area (Å²) in [7, 11) is 0. The molecule has 21 heavy (non-hydrogen) atoms. The van der Waals surface area contributed by atoms with Crippen LogP contribution in [-0.4, -0.2) is 23.4 Å². The van der Waals surface area contributed by atoms with Crippen LogP contribution in [0, 0.1) is 0 Å². The zero-order chi connectivity index (χ0) is 16.0. The van der Waals surface area contributed by atoms with Gasteiger partial charge in [0.2, 0.25) is 0 Å². The molecule has 2 N–H and O–H groups in total. The van der Waals surface area contributed by atoms with Crippen LogP contribution < -0.4 is 5.32 Å². The molecule has 0 radical (unpaired) electrons. The van der Waals surface area contributed by atoms with Gasteiger partial charge in [0.1, 0.15) is 5.60 Å². The molecule has 1 aromatic carbocycles. The Morgan fingerprint density at radius 1 is 1.57 bits per heavy atom. The molecule has 0 bridgehead atoms. The number of amides is 1. The molecule has 0 fully saturated rings. The highest BCUT2D eigenvalue weighted by Gasteiger charge is 2.18. The normalized spacial score (nSPS) is 12.2. The summed E-state index contributed by atoms with van der Waals surface area (Å²) in [5.41, 5.74) is 8.67. The average Bonchev–Trinajstić information content (AvgIpc) is 2.36. The van der Waals surface area contributed by atoms with Crippen LogP contribution in [-0.2, 0) is 4.74 Å². The predicted octanol–water partition coefficient (Wildman–Crippen LogP) is 4.03. The van der Waals surface area contributed by atoms with E-state index in [1.54, 1.807) is 32.9 Å². The summed E-state index contributed by atoms with van der Waals surface area (Å²) in [4.78, 5) is 14.4. The fraction of sp³-hybridized carbons (Fsp3) is 0.462. The Bertz CT molecular complexity index is 565. The summed E-state index contributed by atoms with van der Waals surface area (Å²) in [6, 6.07) is 3.94. The summed E-state index contributed by atoms with van der Waals surface area (Å²) < 4.78 is 5.13. The van der Waals surface area contributed by atoms with Crippen LogP contribution >= 0.6 is 11.6 Å². The van der Waals surface area contributed by atoms with Gasteiger partial charge >= 0.3 is 6.09 Å². The quantitative estimate of drug-likeness (QED) is 0.497. The number of halogens is 1. The maximum Gasteiger partial charge on any atom is 0.412 e. The number of hydrogen-bond donors (Lipinski definition) is 2. The molecule has 0 aliphatic rings. The summed E-state index contributed by atoms with van der Waals surface area (Å²) in [6.07, 6.45) is -0.647. The minimum absolute atomic E-state index is 0.308. The monoisotopic (exact) mass is 312 g/mol. The van der Waals surface area contributed by atoms with Crippen LogP contribution in [0.4, 0.5) is 10.5 Å². The summed E-state index contributed by atoms with van der Waals surface area (Å²) in [6.45, 7) is 4.88. The van der Waals surface area contributed by atoms with Gasteiger partial charge in [-0.2, -0.15) is 0 Å². The van der Waals surface area contributed by atoms with Crippen LogP contribution in [0.5, 0.6) is 0 Å². The summed E-state index contributed by atoms with van der Waals surface area (Å²) in [5.74, 6) is 0. The number of rotatable bonds is 4. The minimum Gasteiger partial charge on any atom is -0.444 e. The van der Waals surface area contributed by atoms with Gasteiger partial charge in [0.25, 0.3) is 0 Å². The predicted molar refractivity (Wildman–Crippen MR) is 80.3 cm³/mol. The van der Waals surface area contributed by atoms with Gasteiger partial charge in [-0.05, 0) is 44.0 Å². The average molecular weight is 313 g/mol. The van der Waals surface area contributed by atoms with E-state index in [2.05, 4.69) is 15.3 Å². The van der Waals surface area contributed by atoms with Gasteiger partial charge in [-0.3, -0.25) is 5.32 Å². The number of benzene rings is 1. The Morgan fingerprint density at radius 2 is 2.24 bits per heavy atom. The van der Waals surface area contributed by atoms with Crippen molar-refractivity contribution in [2.45, 2.75) is 32.4 Å². The Morgan fingerprint density at radius 3 is 2.76 bits per heavy atom. The van der Waals surface area contributed by atoms with E-state index in [4.69, 9.17) is 21.9 Å². The van der Waals surface area contributed by atoms with Crippen LogP contribution in [0.25, 0.3) is 10.4 Å². The van der Waals surface area contributed by atoms with Crippen molar-refractivity contribution >= 4 is 23.4 Å². The van der Waals surface area contributed by atoms with Gasteiger partial charge in [0, 0.05) is 4.91 Å². The first-order valence-corrected chi connectivity index (χ1v) is 6.59. The van der Waals surface area contributed by atoms with Gasteiger partial charge < -0.3 is 9.84 Å². The minimum atomic E-state index is -0.744. The summed E-state index contributed by atoms with van der Waals surface area (Å²) in [5, 5.41) is 15.5. The first-order chi connectivity index (χ1) is 9.76. The number of nitrogens with one attached hydrogen (secondary N) is 1. The van der Waals surface area contributed by atoms with E-state index in [-0.39, 0.29) is 6.61 Å². The molecular weight excluding hydrogens is 296 g/mol. The number of nitrogens with zero attached hydrogens (tertiary/aromatic N) is 3. The third-order valence-electron chi connectivity index (χ3n) is 2.37. The number of ether oxygens (including phenoxy) is 1. The van der Waals surface area contributed by atoms with Crippen LogP contribution in [0.2, 0.25) is 5.02 Å². The first kappa shape index (κ1) is 17.1. The highest BCUT2D eigenvalue weighted by molar-refractivity contribution is 6.33. The third kappa shape index (κ3) is 5.51. The van der Waals surface area contributed by atoms with E-state index in [0.717, 1.165) is 0 Å². The number of hydrogen-bond acceptors (Lipinski definition) is 4. The van der Waals surface area contributed by atoms with Gasteiger partial charge in [0.15, 0.2) is 0 Å². The van der Waals surface area contributed by atoms with Gasteiger partial charge in [-0.15, -0.1) is 0 Å². The lowest BCUT2D eigenvalue weighted by molar-refractivity contribution is 0.0636. The fourth-order valence-corrected chi connectivity index (χ4v) is 1.70. The van der Waals surface area contributed by atoms with E-state index in [1.807, 2.05) is 0 Å². The molecule has 114 valence electrons. The number of aliphatic hydroxyl groups excluding tert-OH is 1. The Labute approximate surface area is 127 Å². The first-order valence-electron chi connectivity index (χ1n) is 6.21. The SMILES string of the molecule is CC(C)(C)OC(=O)Nc1cc(C(CO)N=[N+]=[N-])ccc1Cl. The molecule has 0 aliphatic heterocycles. The largest absolute Gasteiger partial charge is 0.444 e. The molecule has 1 rings (SSSR count). The highest BCUT2D eigenvalue weighted by Crippen LogP contribution is 2.28. The Balaban J connectivity index is 2.97. The zero-order valence-corrected chi connectivity index (χ0v) is 12.8. The van der Waals surface area contributed by atoms with E-state index >= 15 is 0 Å². The van der Waals surface area contributed by atoms with E-state index in [9.17, 15) is 9.90 Å². The molecule has 7 nitrogen and oxygen atoms in total. The Hall–Kier alpha value is -1.95. The molecule has 1 unspecified atom stereocenters. The maximum absolute atomic E-state index is 11.7. The molecule has 1 atom stereocenters. The van der Waals surface area contributed by atoms with Crippen molar-refractivity contribution in [3.63, 3.8) is 0 Å². The van der Waals surface area contributed by atoms with E-state index in [1.165, 1.54) is 6.07 Å². The standard InChI is InChI=1S/C13H17ClN4O3/c1-13(2,3)21-12(20)16-10-6-8(4-5-9(10)14)11(7-19)17-18-15/h4-6,11,19H,7H2,1-3H3,(H,16,20). The number of azide groups is 1. The molecule has 0 saturated carbocycles. The van der Waals surface area contributed by atoms with Gasteiger partial charge in [-0.1, -0.05) is 22.8 Å². The molecule has 0 heterocycles. The van der Waals surface area contributed by atoms with Crippen molar-refractivity contribution in [1.29, 1.82) is 0 Å². The second-order valence-electron chi connectivity index (χ2n) is 5.27. The van der Waals surface area contributed by atoms with E-state index < -0.39 is 17.7 Å². The Kier molecular flexibility index (Phi) is 5.84. The van der Waals surface area contributed by atoms with Gasteiger partial charge in [-0.25, -0.2) is 4.79 Å². The highest BCUT2D eigenvalue weighted by atomic mass is 35.5. The lowest BCUT2D eigenvalue weighted by atomic mass is 10.1. The number of aliphatic hydroxyl groups is 1. The molecular formula is C13H17ClN4O3. The van der Waals surface area contributed by atoms with Crippen LogP contribution in [0.3, 0.4) is 0 Å².